The first kappa shape index (κ1) is 18.0. The quantitative estimate of drug-likeness (QED) is 0.777. The summed E-state index contributed by atoms with van der Waals surface area (Å²) in [6.45, 7) is 10.3. The van der Waals surface area contributed by atoms with Gasteiger partial charge in [0.25, 0.3) is 5.56 Å². The fourth-order valence-corrected chi connectivity index (χ4v) is 4.53. The molecule has 0 radical (unpaired) electrons. The Labute approximate surface area is 150 Å². The van der Waals surface area contributed by atoms with Gasteiger partial charge in [0, 0.05) is 0 Å². The van der Waals surface area contributed by atoms with Crippen LogP contribution < -0.4 is 10.5 Å². The van der Waals surface area contributed by atoms with Crippen LogP contribution in [0.1, 0.15) is 41.8 Å². The lowest BCUT2D eigenvalue weighted by atomic mass is 10.2. The molecular weight excluding hydrogens is 342 g/mol. The van der Waals surface area contributed by atoms with Gasteiger partial charge in [-0.2, -0.15) is 0 Å². The number of H-pyrrole nitrogens is 1. The molecule has 2 atom stereocenters. The average molecular weight is 366 g/mol. The third-order valence-corrected chi connectivity index (χ3v) is 5.51. The average Bonchev–Trinajstić information content (AvgIpc) is 2.83. The van der Waals surface area contributed by atoms with Crippen LogP contribution in [0.15, 0.2) is 4.79 Å². The minimum Gasteiger partial charge on any atom is -0.462 e. The Morgan fingerprint density at radius 1 is 1.40 bits per heavy atom. The molecule has 25 heavy (non-hydrogen) atoms. The molecule has 136 valence electrons. The van der Waals surface area contributed by atoms with Crippen molar-refractivity contribution in [2.75, 3.05) is 19.7 Å². The van der Waals surface area contributed by atoms with Gasteiger partial charge in [0.05, 0.1) is 12.0 Å². The number of aromatic amines is 1. The summed E-state index contributed by atoms with van der Waals surface area (Å²) in [6.07, 6.45) is 0.377. The predicted octanol–water partition coefficient (Wildman–Crippen LogP) is 0.662. The van der Waals surface area contributed by atoms with Crippen LogP contribution in [0, 0.1) is 6.92 Å². The number of thiophene rings is 1. The van der Waals surface area contributed by atoms with E-state index in [0.29, 0.717) is 39.6 Å². The van der Waals surface area contributed by atoms with Crippen molar-refractivity contribution in [3.63, 3.8) is 0 Å². The van der Waals surface area contributed by atoms with Crippen LogP contribution in [0.5, 0.6) is 0 Å². The van der Waals surface area contributed by atoms with E-state index in [4.69, 9.17) is 9.47 Å². The number of fused-ring (bicyclic) bond motifs is 1. The maximum absolute atomic E-state index is 12.5. The molecule has 3 rings (SSSR count). The van der Waals surface area contributed by atoms with Crippen LogP contribution in [0.3, 0.4) is 0 Å². The Balaban J connectivity index is 1.91. The molecule has 0 unspecified atom stereocenters. The summed E-state index contributed by atoms with van der Waals surface area (Å²) < 4.78 is 10.8. The fraction of sp³-hybridized carbons (Fsp3) is 0.588. The molecule has 0 bridgehead atoms. The highest BCUT2D eigenvalue weighted by atomic mass is 32.1. The number of morpholine rings is 1. The van der Waals surface area contributed by atoms with E-state index in [1.165, 1.54) is 16.2 Å². The van der Waals surface area contributed by atoms with Crippen LogP contribution in [0.25, 0.3) is 10.2 Å². The summed E-state index contributed by atoms with van der Waals surface area (Å²) in [6, 6.07) is 0. The monoisotopic (exact) mass is 366 g/mol. The molecule has 8 heteroatoms. The van der Waals surface area contributed by atoms with E-state index >= 15 is 0 Å². The highest BCUT2D eigenvalue weighted by Gasteiger charge is 2.27. The number of quaternary nitrogens is 1. The Kier molecular flexibility index (Phi) is 5.21. The smallest absolute Gasteiger partial charge is 0.348 e. The van der Waals surface area contributed by atoms with Gasteiger partial charge in [-0.15, -0.1) is 11.3 Å². The molecule has 1 fully saturated rings. The standard InChI is InChI=1S/C17H23N3O4S/c1-5-23-17(22)14-11(4)13-15(21)18-12(19-16(13)25-14)8-20-6-9(2)24-10(3)7-20/h9-10H,5-8H2,1-4H3,(H,18,19,21)/p+1/t9-,10-/m0/s1. The number of rotatable bonds is 4. The second kappa shape index (κ2) is 7.23. The highest BCUT2D eigenvalue weighted by molar-refractivity contribution is 7.20. The van der Waals surface area contributed by atoms with Gasteiger partial charge in [0.2, 0.25) is 0 Å². The normalized spacial score (nSPS) is 23.8. The molecule has 1 aliphatic rings. The van der Waals surface area contributed by atoms with Crippen molar-refractivity contribution in [1.29, 1.82) is 0 Å². The number of carbonyl (C=O) groups excluding carboxylic acids is 1. The van der Waals surface area contributed by atoms with E-state index in [9.17, 15) is 9.59 Å². The van der Waals surface area contributed by atoms with Crippen LogP contribution in [0.2, 0.25) is 0 Å². The first-order valence-corrected chi connectivity index (χ1v) is 9.39. The van der Waals surface area contributed by atoms with Crippen LogP contribution in [0.4, 0.5) is 0 Å². The van der Waals surface area contributed by atoms with Crippen molar-refractivity contribution in [3.8, 4) is 0 Å². The molecule has 1 saturated heterocycles. The number of hydrogen-bond donors (Lipinski definition) is 2. The molecule has 1 aliphatic heterocycles. The Morgan fingerprint density at radius 2 is 2.08 bits per heavy atom. The molecule has 0 saturated carbocycles. The number of nitrogens with zero attached hydrogens (tertiary/aromatic N) is 1. The third-order valence-electron chi connectivity index (χ3n) is 4.34. The predicted molar refractivity (Wildman–Crippen MR) is 95.3 cm³/mol. The first-order chi connectivity index (χ1) is 11.9. The van der Waals surface area contributed by atoms with E-state index in [2.05, 4.69) is 23.8 Å². The van der Waals surface area contributed by atoms with Crippen LogP contribution in [-0.4, -0.2) is 47.8 Å². The number of ether oxygens (including phenoxy) is 2. The molecule has 2 N–H and O–H groups in total. The number of aryl methyl sites for hydroxylation is 1. The van der Waals surface area contributed by atoms with Gasteiger partial charge in [-0.1, -0.05) is 0 Å². The summed E-state index contributed by atoms with van der Waals surface area (Å²) in [7, 11) is 0. The van der Waals surface area contributed by atoms with Crippen LogP contribution >= 0.6 is 11.3 Å². The van der Waals surface area contributed by atoms with E-state index in [0.717, 1.165) is 13.1 Å². The first-order valence-electron chi connectivity index (χ1n) is 8.57. The summed E-state index contributed by atoms with van der Waals surface area (Å²) in [5, 5.41) is 0.482. The summed E-state index contributed by atoms with van der Waals surface area (Å²) in [4.78, 5) is 34.4. The minimum absolute atomic E-state index is 0.189. The van der Waals surface area contributed by atoms with E-state index in [-0.39, 0.29) is 17.8 Å². The van der Waals surface area contributed by atoms with Gasteiger partial charge >= 0.3 is 5.97 Å². The number of aromatic nitrogens is 2. The molecule has 0 amide bonds. The Morgan fingerprint density at radius 3 is 2.72 bits per heavy atom. The largest absolute Gasteiger partial charge is 0.462 e. The Hall–Kier alpha value is -1.77. The minimum atomic E-state index is -0.398. The van der Waals surface area contributed by atoms with Crippen molar-refractivity contribution >= 4 is 27.5 Å². The molecule has 2 aromatic rings. The number of carbonyl (C=O) groups is 1. The second-order valence-corrected chi connectivity index (χ2v) is 7.56. The van der Waals surface area contributed by atoms with Gasteiger partial charge in [-0.25, -0.2) is 9.78 Å². The number of nitrogens with one attached hydrogen (secondary N) is 2. The van der Waals surface area contributed by atoms with E-state index < -0.39 is 5.97 Å². The molecule has 7 nitrogen and oxygen atoms in total. The number of hydrogen-bond acceptors (Lipinski definition) is 6. The van der Waals surface area contributed by atoms with Crippen molar-refractivity contribution in [1.82, 2.24) is 9.97 Å². The molecule has 3 heterocycles. The highest BCUT2D eigenvalue weighted by Crippen LogP contribution is 2.27. The zero-order chi connectivity index (χ0) is 18.1. The second-order valence-electron chi connectivity index (χ2n) is 6.56. The van der Waals surface area contributed by atoms with Crippen molar-refractivity contribution in [2.24, 2.45) is 0 Å². The lowest BCUT2D eigenvalue weighted by molar-refractivity contribution is -0.928. The molecule has 0 aliphatic carbocycles. The van der Waals surface area contributed by atoms with Crippen molar-refractivity contribution < 1.29 is 19.2 Å². The number of esters is 1. The van der Waals surface area contributed by atoms with Crippen molar-refractivity contribution in [3.05, 3.63) is 26.6 Å². The summed E-state index contributed by atoms with van der Waals surface area (Å²) in [5.74, 6) is 0.246. The molecule has 2 aromatic heterocycles. The summed E-state index contributed by atoms with van der Waals surface area (Å²) >= 11 is 1.22. The van der Waals surface area contributed by atoms with E-state index in [1.54, 1.807) is 13.8 Å². The van der Waals surface area contributed by atoms with Gasteiger partial charge in [-0.3, -0.25) is 4.79 Å². The maximum atomic E-state index is 12.5. The zero-order valence-electron chi connectivity index (χ0n) is 15.0. The maximum Gasteiger partial charge on any atom is 0.348 e. The SMILES string of the molecule is CCOC(=O)c1sc2nc(C[NH+]3C[C@H](C)O[C@@H](C)C3)[nH]c(=O)c2c1C. The zero-order valence-corrected chi connectivity index (χ0v) is 15.8. The topological polar surface area (TPSA) is 85.7 Å². The third kappa shape index (κ3) is 3.75. The summed E-state index contributed by atoms with van der Waals surface area (Å²) in [5.41, 5.74) is 0.442. The Bertz CT molecular complexity index is 834. The van der Waals surface area contributed by atoms with Crippen molar-refractivity contribution in [2.45, 2.75) is 46.4 Å². The van der Waals surface area contributed by atoms with Gasteiger partial charge in [-0.05, 0) is 33.3 Å². The lowest BCUT2D eigenvalue weighted by Gasteiger charge is -2.32. The van der Waals surface area contributed by atoms with Gasteiger partial charge in [0.1, 0.15) is 41.5 Å². The molecule has 0 spiro atoms. The molecule has 0 aromatic carbocycles. The molecular formula is C17H24N3O4S+. The van der Waals surface area contributed by atoms with Gasteiger partial charge < -0.3 is 19.4 Å². The van der Waals surface area contributed by atoms with Gasteiger partial charge in [0.15, 0.2) is 5.82 Å². The fourth-order valence-electron chi connectivity index (χ4n) is 3.43. The van der Waals surface area contributed by atoms with Crippen LogP contribution in [-0.2, 0) is 16.0 Å². The lowest BCUT2D eigenvalue weighted by Crippen LogP contribution is -3.14. The van der Waals surface area contributed by atoms with E-state index in [1.807, 2.05) is 0 Å².